The predicted molar refractivity (Wildman–Crippen MR) is 121 cm³/mol. The molecule has 0 fully saturated rings. The van der Waals surface area contributed by atoms with E-state index >= 15 is 0 Å². The van der Waals surface area contributed by atoms with E-state index in [1.807, 2.05) is 66.7 Å². The molecule has 5 rings (SSSR count). The van der Waals surface area contributed by atoms with Gasteiger partial charge in [-0.3, -0.25) is 9.89 Å². The Morgan fingerprint density at radius 2 is 1.88 bits per heavy atom. The highest BCUT2D eigenvalue weighted by Crippen LogP contribution is 2.35. The van der Waals surface area contributed by atoms with Crippen molar-refractivity contribution in [3.8, 4) is 28.8 Å². The second kappa shape index (κ2) is 8.28. The Morgan fingerprint density at radius 3 is 2.75 bits per heavy atom. The van der Waals surface area contributed by atoms with E-state index in [9.17, 15) is 10.1 Å². The largest absolute Gasteiger partial charge is 0.486 e. The molecule has 1 aliphatic rings. The second-order valence-electron chi connectivity index (χ2n) is 7.21. The zero-order chi connectivity index (χ0) is 21.9. The summed E-state index contributed by atoms with van der Waals surface area (Å²) >= 11 is 0. The van der Waals surface area contributed by atoms with Crippen LogP contribution >= 0.6 is 0 Å². The first-order valence-electron chi connectivity index (χ1n) is 10.1. The number of rotatable bonds is 4. The van der Waals surface area contributed by atoms with Crippen molar-refractivity contribution in [1.82, 2.24) is 10.2 Å². The van der Waals surface area contributed by atoms with Crippen LogP contribution in [0.1, 0.15) is 5.56 Å². The lowest BCUT2D eigenvalue weighted by atomic mass is 10.0. The number of carbonyl (C=O) groups excluding carboxylic acids is 1. The Bertz CT molecular complexity index is 1390. The van der Waals surface area contributed by atoms with Gasteiger partial charge in [-0.25, -0.2) is 0 Å². The quantitative estimate of drug-likeness (QED) is 0.371. The molecule has 0 saturated heterocycles. The van der Waals surface area contributed by atoms with E-state index in [4.69, 9.17) is 9.47 Å². The maximum Gasteiger partial charge on any atom is 0.266 e. The van der Waals surface area contributed by atoms with Crippen molar-refractivity contribution in [3.05, 3.63) is 78.0 Å². The highest BCUT2D eigenvalue weighted by atomic mass is 16.6. The minimum Gasteiger partial charge on any atom is -0.486 e. The number of aromatic amines is 1. The fraction of sp³-hybridized carbons (Fsp3) is 0.0800. The number of ether oxygens (including phenoxy) is 2. The van der Waals surface area contributed by atoms with E-state index in [1.165, 1.54) is 6.08 Å². The molecule has 156 valence electrons. The van der Waals surface area contributed by atoms with Crippen molar-refractivity contribution in [2.24, 2.45) is 0 Å². The van der Waals surface area contributed by atoms with Gasteiger partial charge in [-0.05, 0) is 35.7 Å². The molecule has 1 aliphatic heterocycles. The Morgan fingerprint density at radius 1 is 1.06 bits per heavy atom. The zero-order valence-corrected chi connectivity index (χ0v) is 17.0. The molecule has 3 aromatic carbocycles. The number of H-pyrrole nitrogens is 1. The summed E-state index contributed by atoms with van der Waals surface area (Å²) in [7, 11) is 0. The van der Waals surface area contributed by atoms with Crippen LogP contribution in [-0.4, -0.2) is 29.3 Å². The van der Waals surface area contributed by atoms with Crippen LogP contribution in [0.2, 0.25) is 0 Å². The number of hydrogen-bond donors (Lipinski definition) is 2. The molecule has 7 nitrogen and oxygen atoms in total. The summed E-state index contributed by atoms with van der Waals surface area (Å²) in [5.41, 5.74) is 2.72. The van der Waals surface area contributed by atoms with Gasteiger partial charge in [-0.1, -0.05) is 36.4 Å². The monoisotopic (exact) mass is 422 g/mol. The number of carbonyl (C=O) groups is 1. The number of amides is 1. The number of hydrogen-bond acceptors (Lipinski definition) is 5. The first-order valence-corrected chi connectivity index (χ1v) is 10.1. The van der Waals surface area contributed by atoms with Gasteiger partial charge in [-0.2, -0.15) is 10.4 Å². The summed E-state index contributed by atoms with van der Waals surface area (Å²) in [6.45, 7) is 1.00. The molecule has 4 aromatic rings. The molecular weight excluding hydrogens is 404 g/mol. The molecule has 0 aliphatic carbocycles. The minimum absolute atomic E-state index is 0.0295. The van der Waals surface area contributed by atoms with Gasteiger partial charge in [0, 0.05) is 22.2 Å². The molecule has 0 unspecified atom stereocenters. The van der Waals surface area contributed by atoms with E-state index in [2.05, 4.69) is 15.5 Å². The van der Waals surface area contributed by atoms with Gasteiger partial charge in [0.2, 0.25) is 0 Å². The van der Waals surface area contributed by atoms with Gasteiger partial charge < -0.3 is 14.8 Å². The number of aromatic nitrogens is 2. The molecule has 32 heavy (non-hydrogen) atoms. The van der Waals surface area contributed by atoms with Gasteiger partial charge in [-0.15, -0.1) is 0 Å². The average molecular weight is 422 g/mol. The van der Waals surface area contributed by atoms with E-state index < -0.39 is 5.91 Å². The van der Waals surface area contributed by atoms with Gasteiger partial charge in [0.05, 0.1) is 11.9 Å². The van der Waals surface area contributed by atoms with E-state index in [1.54, 1.807) is 6.20 Å². The van der Waals surface area contributed by atoms with Crippen LogP contribution in [0.5, 0.6) is 11.5 Å². The minimum atomic E-state index is -0.488. The van der Waals surface area contributed by atoms with Crippen LogP contribution in [0, 0.1) is 11.3 Å². The molecule has 1 aromatic heterocycles. The molecule has 0 atom stereocenters. The van der Waals surface area contributed by atoms with Crippen molar-refractivity contribution in [1.29, 1.82) is 5.26 Å². The molecule has 1 amide bonds. The average Bonchev–Trinajstić information content (AvgIpc) is 3.30. The van der Waals surface area contributed by atoms with E-state index in [0.717, 1.165) is 16.3 Å². The smallest absolute Gasteiger partial charge is 0.266 e. The summed E-state index contributed by atoms with van der Waals surface area (Å²) in [4.78, 5) is 12.9. The predicted octanol–water partition coefficient (Wildman–Crippen LogP) is 4.55. The van der Waals surface area contributed by atoms with Crippen LogP contribution in [-0.2, 0) is 4.79 Å². The maximum absolute atomic E-state index is 12.9. The number of anilines is 1. The van der Waals surface area contributed by atoms with E-state index in [0.29, 0.717) is 41.7 Å². The van der Waals surface area contributed by atoms with Crippen molar-refractivity contribution in [3.63, 3.8) is 0 Å². The van der Waals surface area contributed by atoms with Crippen molar-refractivity contribution in [2.75, 3.05) is 18.5 Å². The normalized spacial score (nSPS) is 12.9. The lowest BCUT2D eigenvalue weighted by Crippen LogP contribution is -2.15. The summed E-state index contributed by atoms with van der Waals surface area (Å²) in [6.07, 6.45) is 3.10. The number of nitrogens with one attached hydrogen (secondary N) is 2. The summed E-state index contributed by atoms with van der Waals surface area (Å²) in [6, 6.07) is 20.9. The zero-order valence-electron chi connectivity index (χ0n) is 17.0. The summed E-state index contributed by atoms with van der Waals surface area (Å²) in [5.74, 6) is 0.842. The third-order valence-electron chi connectivity index (χ3n) is 5.20. The summed E-state index contributed by atoms with van der Waals surface area (Å²) in [5, 5.41) is 21.5. The standard InChI is InChI=1S/C25H18N4O3/c26-14-18(25(30)28-21-7-3-5-16-4-1-2-6-20(16)21)12-19-15-27-29-24(19)17-8-9-22-23(13-17)32-11-10-31-22/h1-9,12-13,15H,10-11H2,(H,27,29)(H,28,30)/b18-12-. The van der Waals surface area contributed by atoms with Crippen LogP contribution in [0.25, 0.3) is 28.1 Å². The Hall–Kier alpha value is -4.57. The van der Waals surface area contributed by atoms with Gasteiger partial charge in [0.25, 0.3) is 5.91 Å². The third-order valence-corrected chi connectivity index (χ3v) is 5.20. The Balaban J connectivity index is 1.45. The lowest BCUT2D eigenvalue weighted by molar-refractivity contribution is -0.112. The first-order chi connectivity index (χ1) is 15.7. The van der Waals surface area contributed by atoms with Gasteiger partial charge in [0.15, 0.2) is 11.5 Å². The highest BCUT2D eigenvalue weighted by Gasteiger charge is 2.17. The number of fused-ring (bicyclic) bond motifs is 2. The molecule has 2 heterocycles. The third kappa shape index (κ3) is 3.66. The molecular formula is C25H18N4O3. The molecule has 2 N–H and O–H groups in total. The number of nitrogens with zero attached hydrogens (tertiary/aromatic N) is 2. The second-order valence-corrected chi connectivity index (χ2v) is 7.21. The topological polar surface area (TPSA) is 100 Å². The Kier molecular flexibility index (Phi) is 5.02. The van der Waals surface area contributed by atoms with Crippen molar-refractivity contribution >= 4 is 28.4 Å². The molecule has 0 spiro atoms. The number of nitriles is 1. The van der Waals surface area contributed by atoms with Gasteiger partial charge >= 0.3 is 0 Å². The molecule has 0 saturated carbocycles. The molecule has 7 heteroatoms. The highest BCUT2D eigenvalue weighted by molar-refractivity contribution is 6.13. The van der Waals surface area contributed by atoms with Crippen molar-refractivity contribution in [2.45, 2.75) is 0 Å². The summed E-state index contributed by atoms with van der Waals surface area (Å²) < 4.78 is 11.2. The van der Waals surface area contributed by atoms with E-state index in [-0.39, 0.29) is 5.57 Å². The molecule has 0 bridgehead atoms. The lowest BCUT2D eigenvalue weighted by Gasteiger charge is -2.18. The Labute approximate surface area is 183 Å². The fourth-order valence-electron chi connectivity index (χ4n) is 3.66. The maximum atomic E-state index is 12.9. The van der Waals surface area contributed by atoms with Crippen LogP contribution in [0.4, 0.5) is 5.69 Å². The first kappa shape index (κ1) is 19.4. The molecule has 0 radical (unpaired) electrons. The fourth-order valence-corrected chi connectivity index (χ4v) is 3.66. The SMILES string of the molecule is N#C/C(=C/c1cn[nH]c1-c1ccc2c(c1)OCCO2)C(=O)Nc1cccc2ccccc12. The number of benzene rings is 3. The van der Waals surface area contributed by atoms with Crippen LogP contribution in [0.3, 0.4) is 0 Å². The van der Waals surface area contributed by atoms with Crippen LogP contribution in [0.15, 0.2) is 72.4 Å². The van der Waals surface area contributed by atoms with Crippen LogP contribution < -0.4 is 14.8 Å². The van der Waals surface area contributed by atoms with Gasteiger partial charge in [0.1, 0.15) is 24.9 Å². The van der Waals surface area contributed by atoms with Crippen molar-refractivity contribution < 1.29 is 14.3 Å².